The average Bonchev–Trinajstić information content (AvgIpc) is 2.96. The number of piperidine rings is 1. The van der Waals surface area contributed by atoms with Gasteiger partial charge in [-0.15, -0.1) is 0 Å². The molecular formula is C15H25NO3. The van der Waals surface area contributed by atoms with E-state index in [0.29, 0.717) is 6.54 Å². The molecule has 0 spiro atoms. The maximum absolute atomic E-state index is 12.8. The smallest absolute Gasteiger partial charge is 0.310 e. The van der Waals surface area contributed by atoms with Crippen molar-refractivity contribution in [1.29, 1.82) is 0 Å². The zero-order valence-corrected chi connectivity index (χ0v) is 12.1. The van der Waals surface area contributed by atoms with Crippen LogP contribution < -0.4 is 0 Å². The highest BCUT2D eigenvalue weighted by atomic mass is 16.5. The van der Waals surface area contributed by atoms with E-state index in [2.05, 4.69) is 6.92 Å². The lowest BCUT2D eigenvalue weighted by Crippen LogP contribution is -2.48. The zero-order valence-electron chi connectivity index (χ0n) is 12.1. The Hall–Kier alpha value is -1.06. The standard InChI is InChI=1S/C15H25NO3/c1-3-15(8-4-5-9-15)14(18)16-10-6-7-12(11-16)13(17)19-2/h12H,3-11H2,1-2H3/t12-/m0/s1. The summed E-state index contributed by atoms with van der Waals surface area (Å²) in [6, 6.07) is 0. The van der Waals surface area contributed by atoms with Crippen molar-refractivity contribution in [2.24, 2.45) is 11.3 Å². The monoisotopic (exact) mass is 267 g/mol. The predicted octanol–water partition coefficient (Wildman–Crippen LogP) is 2.37. The van der Waals surface area contributed by atoms with E-state index in [0.717, 1.165) is 51.5 Å². The first-order valence-electron chi connectivity index (χ1n) is 7.50. The van der Waals surface area contributed by atoms with Crippen molar-refractivity contribution in [2.75, 3.05) is 20.2 Å². The molecule has 0 unspecified atom stereocenters. The molecule has 1 aliphatic carbocycles. The minimum absolute atomic E-state index is 0.127. The van der Waals surface area contributed by atoms with Gasteiger partial charge in [0.25, 0.3) is 0 Å². The predicted molar refractivity (Wildman–Crippen MR) is 72.5 cm³/mol. The molecule has 2 rings (SSSR count). The van der Waals surface area contributed by atoms with Gasteiger partial charge in [0.05, 0.1) is 13.0 Å². The van der Waals surface area contributed by atoms with Gasteiger partial charge >= 0.3 is 5.97 Å². The van der Waals surface area contributed by atoms with E-state index in [-0.39, 0.29) is 23.2 Å². The SMILES string of the molecule is CCC1(C(=O)N2CCC[C@H](C(=O)OC)C2)CCCC1. The van der Waals surface area contributed by atoms with Gasteiger partial charge in [-0.05, 0) is 32.1 Å². The summed E-state index contributed by atoms with van der Waals surface area (Å²) in [5.74, 6) is -0.0198. The molecular weight excluding hydrogens is 242 g/mol. The van der Waals surface area contributed by atoms with E-state index in [1.807, 2.05) is 4.90 Å². The summed E-state index contributed by atoms with van der Waals surface area (Å²) in [5.41, 5.74) is -0.141. The van der Waals surface area contributed by atoms with Crippen LogP contribution >= 0.6 is 0 Å². The van der Waals surface area contributed by atoms with Crippen LogP contribution in [0.25, 0.3) is 0 Å². The Morgan fingerprint density at radius 2 is 1.95 bits per heavy atom. The van der Waals surface area contributed by atoms with Crippen LogP contribution in [0, 0.1) is 11.3 Å². The van der Waals surface area contributed by atoms with Crippen LogP contribution in [0.2, 0.25) is 0 Å². The molecule has 1 amide bonds. The first kappa shape index (κ1) is 14.4. The van der Waals surface area contributed by atoms with E-state index in [4.69, 9.17) is 4.74 Å². The first-order chi connectivity index (χ1) is 9.13. The molecule has 0 aromatic heterocycles. The van der Waals surface area contributed by atoms with Crippen LogP contribution in [0.4, 0.5) is 0 Å². The van der Waals surface area contributed by atoms with Gasteiger partial charge in [-0.3, -0.25) is 9.59 Å². The molecule has 0 radical (unpaired) electrons. The second kappa shape index (κ2) is 5.93. The molecule has 0 bridgehead atoms. The van der Waals surface area contributed by atoms with Crippen molar-refractivity contribution in [2.45, 2.75) is 51.9 Å². The number of methoxy groups -OCH3 is 1. The Kier molecular flexibility index (Phi) is 4.48. The molecule has 0 aromatic carbocycles. The van der Waals surface area contributed by atoms with Gasteiger partial charge < -0.3 is 9.64 Å². The molecule has 4 nitrogen and oxygen atoms in total. The highest BCUT2D eigenvalue weighted by molar-refractivity contribution is 5.84. The fourth-order valence-corrected chi connectivity index (χ4v) is 3.63. The fourth-order valence-electron chi connectivity index (χ4n) is 3.63. The molecule has 4 heteroatoms. The Balaban J connectivity index is 2.04. The van der Waals surface area contributed by atoms with Gasteiger partial charge in [0.15, 0.2) is 0 Å². The van der Waals surface area contributed by atoms with Crippen molar-refractivity contribution in [3.05, 3.63) is 0 Å². The fraction of sp³-hybridized carbons (Fsp3) is 0.867. The molecule has 0 aromatic rings. The zero-order chi connectivity index (χ0) is 13.9. The Labute approximate surface area is 115 Å². The number of carbonyl (C=O) groups excluding carboxylic acids is 2. The van der Waals surface area contributed by atoms with Crippen molar-refractivity contribution in [3.63, 3.8) is 0 Å². The highest BCUT2D eigenvalue weighted by Crippen LogP contribution is 2.43. The van der Waals surface area contributed by atoms with Gasteiger partial charge in [0.2, 0.25) is 5.91 Å². The molecule has 1 aliphatic heterocycles. The first-order valence-corrected chi connectivity index (χ1v) is 7.50. The van der Waals surface area contributed by atoms with Crippen LogP contribution in [0.3, 0.4) is 0 Å². The lowest BCUT2D eigenvalue weighted by Gasteiger charge is -2.38. The lowest BCUT2D eigenvalue weighted by molar-refractivity contribution is -0.151. The largest absolute Gasteiger partial charge is 0.469 e. The summed E-state index contributed by atoms with van der Waals surface area (Å²) in [6.45, 7) is 3.46. The van der Waals surface area contributed by atoms with E-state index in [1.54, 1.807) is 0 Å². The van der Waals surface area contributed by atoms with E-state index >= 15 is 0 Å². The molecule has 1 heterocycles. The normalized spacial score (nSPS) is 26.2. The van der Waals surface area contributed by atoms with Crippen molar-refractivity contribution in [1.82, 2.24) is 4.90 Å². The van der Waals surface area contributed by atoms with Crippen molar-refractivity contribution < 1.29 is 14.3 Å². The number of ether oxygens (including phenoxy) is 1. The van der Waals surface area contributed by atoms with E-state index < -0.39 is 0 Å². The number of carbonyl (C=O) groups is 2. The molecule has 1 saturated heterocycles. The van der Waals surface area contributed by atoms with Crippen LogP contribution in [-0.4, -0.2) is 37.0 Å². The average molecular weight is 267 g/mol. The summed E-state index contributed by atoms with van der Waals surface area (Å²) >= 11 is 0. The van der Waals surface area contributed by atoms with Crippen molar-refractivity contribution >= 4 is 11.9 Å². The molecule has 1 saturated carbocycles. The second-order valence-electron chi connectivity index (χ2n) is 5.95. The van der Waals surface area contributed by atoms with Gasteiger partial charge in [0, 0.05) is 18.5 Å². The Morgan fingerprint density at radius 3 is 2.53 bits per heavy atom. The highest BCUT2D eigenvalue weighted by Gasteiger charge is 2.43. The van der Waals surface area contributed by atoms with Crippen LogP contribution in [-0.2, 0) is 14.3 Å². The molecule has 0 N–H and O–H groups in total. The summed E-state index contributed by atoms with van der Waals surface area (Å²) in [5, 5.41) is 0. The van der Waals surface area contributed by atoms with Gasteiger partial charge in [-0.2, -0.15) is 0 Å². The van der Waals surface area contributed by atoms with Crippen LogP contribution in [0.15, 0.2) is 0 Å². The third-order valence-corrected chi connectivity index (χ3v) is 4.93. The van der Waals surface area contributed by atoms with Gasteiger partial charge in [-0.1, -0.05) is 19.8 Å². The maximum Gasteiger partial charge on any atom is 0.310 e. The summed E-state index contributed by atoms with van der Waals surface area (Å²) < 4.78 is 4.82. The minimum atomic E-state index is -0.172. The Morgan fingerprint density at radius 1 is 1.26 bits per heavy atom. The van der Waals surface area contributed by atoms with Crippen LogP contribution in [0.1, 0.15) is 51.9 Å². The van der Waals surface area contributed by atoms with Gasteiger partial charge in [0.1, 0.15) is 0 Å². The third kappa shape index (κ3) is 2.77. The molecule has 1 atom stereocenters. The molecule has 2 aliphatic rings. The topological polar surface area (TPSA) is 46.6 Å². The number of nitrogens with zero attached hydrogens (tertiary/aromatic N) is 1. The van der Waals surface area contributed by atoms with Crippen LogP contribution in [0.5, 0.6) is 0 Å². The molecule has 108 valence electrons. The minimum Gasteiger partial charge on any atom is -0.469 e. The number of esters is 1. The lowest BCUT2D eigenvalue weighted by atomic mass is 9.81. The summed E-state index contributed by atoms with van der Waals surface area (Å²) in [4.78, 5) is 26.3. The number of amides is 1. The number of likely N-dealkylation sites (tertiary alicyclic amines) is 1. The van der Waals surface area contributed by atoms with Gasteiger partial charge in [-0.25, -0.2) is 0 Å². The number of hydrogen-bond donors (Lipinski definition) is 0. The molecule has 2 fully saturated rings. The van der Waals surface area contributed by atoms with E-state index in [9.17, 15) is 9.59 Å². The Bertz CT molecular complexity index is 347. The maximum atomic E-state index is 12.8. The molecule has 19 heavy (non-hydrogen) atoms. The number of rotatable bonds is 3. The van der Waals surface area contributed by atoms with E-state index in [1.165, 1.54) is 7.11 Å². The summed E-state index contributed by atoms with van der Waals surface area (Å²) in [6.07, 6.45) is 7.03. The number of hydrogen-bond acceptors (Lipinski definition) is 3. The quantitative estimate of drug-likeness (QED) is 0.737. The third-order valence-electron chi connectivity index (χ3n) is 4.93. The summed E-state index contributed by atoms with van der Waals surface area (Å²) in [7, 11) is 1.42. The second-order valence-corrected chi connectivity index (χ2v) is 5.95. The van der Waals surface area contributed by atoms with Crippen molar-refractivity contribution in [3.8, 4) is 0 Å².